The topological polar surface area (TPSA) is 70.4 Å². The molecule has 4 N–H and O–H groups in total. The van der Waals surface area contributed by atoms with Crippen molar-refractivity contribution in [3.8, 4) is 0 Å². The van der Waals surface area contributed by atoms with E-state index in [-0.39, 0.29) is 6.03 Å². The van der Waals surface area contributed by atoms with Gasteiger partial charge in [-0.3, -0.25) is 5.32 Å². The second kappa shape index (κ2) is 3.26. The fourth-order valence-corrected chi connectivity index (χ4v) is 1.78. The van der Waals surface area contributed by atoms with Crippen molar-refractivity contribution in [3.05, 3.63) is 11.3 Å². The number of carbonyl (C=O) groups is 1. The van der Waals surface area contributed by atoms with Crippen LogP contribution in [0.25, 0.3) is 0 Å². The van der Waals surface area contributed by atoms with Crippen LogP contribution >= 0.6 is 0 Å². The normalized spacial score (nSPS) is 22.3. The van der Waals surface area contributed by atoms with Gasteiger partial charge in [0.15, 0.2) is 0 Å². The molecule has 0 aromatic heterocycles. The van der Waals surface area contributed by atoms with E-state index < -0.39 is 0 Å². The zero-order valence-electron chi connectivity index (χ0n) is 7.47. The Hall–Kier alpha value is -1.23. The third kappa shape index (κ3) is 1.60. The molecule has 2 aliphatic rings. The Balaban J connectivity index is 2.09. The van der Waals surface area contributed by atoms with Crippen LogP contribution in [0, 0.1) is 0 Å². The highest BCUT2D eigenvalue weighted by atomic mass is 16.2. The molecule has 0 radical (unpaired) electrons. The number of hydrogen-bond acceptors (Lipinski definition) is 3. The van der Waals surface area contributed by atoms with Gasteiger partial charge in [-0.1, -0.05) is 0 Å². The van der Waals surface area contributed by atoms with Crippen LogP contribution in [0.2, 0.25) is 0 Å². The fraction of sp³-hybridized carbons (Fsp3) is 0.625. The fourth-order valence-electron chi connectivity index (χ4n) is 1.78. The summed E-state index contributed by atoms with van der Waals surface area (Å²) < 4.78 is 0. The van der Waals surface area contributed by atoms with Gasteiger partial charge in [0.1, 0.15) is 0 Å². The van der Waals surface area contributed by atoms with Crippen LogP contribution in [0.5, 0.6) is 0 Å². The number of primary amides is 1. The van der Waals surface area contributed by atoms with Crippen molar-refractivity contribution in [3.63, 3.8) is 0 Å². The molecule has 2 aliphatic heterocycles. The van der Waals surface area contributed by atoms with Gasteiger partial charge < -0.3 is 16.0 Å². The molecule has 0 spiro atoms. The predicted molar refractivity (Wildman–Crippen MR) is 48.8 cm³/mol. The summed E-state index contributed by atoms with van der Waals surface area (Å²) in [5.41, 5.74) is 7.76. The van der Waals surface area contributed by atoms with Crippen molar-refractivity contribution in [2.75, 3.05) is 26.3 Å². The molecule has 2 heterocycles. The molecular weight excluding hydrogens is 168 g/mol. The van der Waals surface area contributed by atoms with Crippen LogP contribution < -0.4 is 16.4 Å². The molecule has 0 atom stereocenters. The van der Waals surface area contributed by atoms with Gasteiger partial charge in [-0.2, -0.15) is 0 Å². The van der Waals surface area contributed by atoms with Gasteiger partial charge in [-0.25, -0.2) is 4.79 Å². The zero-order valence-corrected chi connectivity index (χ0v) is 7.47. The van der Waals surface area contributed by atoms with E-state index in [2.05, 4.69) is 10.6 Å². The van der Waals surface area contributed by atoms with Crippen molar-refractivity contribution in [1.82, 2.24) is 15.5 Å². The smallest absolute Gasteiger partial charge is 0.315 e. The van der Waals surface area contributed by atoms with Crippen molar-refractivity contribution in [2.24, 2.45) is 5.73 Å². The summed E-state index contributed by atoms with van der Waals surface area (Å²) in [7, 11) is 0. The number of rotatable bonds is 0. The molecule has 2 rings (SSSR count). The Morgan fingerprint density at radius 3 is 3.15 bits per heavy atom. The average molecular weight is 182 g/mol. The Morgan fingerprint density at radius 1 is 1.54 bits per heavy atom. The van der Waals surface area contributed by atoms with E-state index >= 15 is 0 Å². The molecule has 0 unspecified atom stereocenters. The van der Waals surface area contributed by atoms with Gasteiger partial charge in [0.05, 0.1) is 6.67 Å². The molecule has 5 heteroatoms. The zero-order chi connectivity index (χ0) is 9.26. The van der Waals surface area contributed by atoms with E-state index in [4.69, 9.17) is 5.73 Å². The number of urea groups is 1. The Labute approximate surface area is 77.0 Å². The summed E-state index contributed by atoms with van der Waals surface area (Å²) in [5.74, 6) is 0. The lowest BCUT2D eigenvalue weighted by molar-refractivity contribution is 0.208. The second-order valence-corrected chi connectivity index (χ2v) is 3.37. The lowest BCUT2D eigenvalue weighted by Gasteiger charge is -2.33. The second-order valence-electron chi connectivity index (χ2n) is 3.37. The first kappa shape index (κ1) is 8.37. The third-order valence-corrected chi connectivity index (χ3v) is 2.52. The Kier molecular flexibility index (Phi) is 2.10. The van der Waals surface area contributed by atoms with E-state index in [0.29, 0.717) is 6.54 Å². The monoisotopic (exact) mass is 182 g/mol. The molecule has 0 aromatic rings. The molecule has 0 saturated heterocycles. The van der Waals surface area contributed by atoms with E-state index in [1.165, 1.54) is 11.3 Å². The minimum Gasteiger partial charge on any atom is -0.376 e. The molecule has 0 aromatic carbocycles. The number of amides is 2. The maximum Gasteiger partial charge on any atom is 0.315 e. The maximum absolute atomic E-state index is 10.9. The van der Waals surface area contributed by atoms with Gasteiger partial charge in [0.2, 0.25) is 0 Å². The summed E-state index contributed by atoms with van der Waals surface area (Å²) in [5, 5.41) is 6.47. The summed E-state index contributed by atoms with van der Waals surface area (Å²) in [6, 6.07) is -0.322. The number of nitrogens with zero attached hydrogens (tertiary/aromatic N) is 1. The van der Waals surface area contributed by atoms with Crippen LogP contribution in [0.1, 0.15) is 6.42 Å². The number of nitrogens with one attached hydrogen (secondary N) is 2. The lowest BCUT2D eigenvalue weighted by atomic mass is 10.1. The summed E-state index contributed by atoms with van der Waals surface area (Å²) in [4.78, 5) is 12.6. The molecule has 0 saturated carbocycles. The molecule has 5 nitrogen and oxygen atoms in total. The first-order chi connectivity index (χ1) is 6.27. The van der Waals surface area contributed by atoms with E-state index in [1.807, 2.05) is 0 Å². The van der Waals surface area contributed by atoms with Crippen LogP contribution in [-0.4, -0.2) is 37.2 Å². The van der Waals surface area contributed by atoms with Gasteiger partial charge in [-0.05, 0) is 5.57 Å². The largest absolute Gasteiger partial charge is 0.376 e. The standard InChI is InChI=1S/C8H14N4O/c9-8(13)12-2-1-7-6(4-12)3-10-5-11-7/h10-11H,1-5H2,(H2,9,13). The van der Waals surface area contributed by atoms with Crippen LogP contribution in [0.15, 0.2) is 11.3 Å². The summed E-state index contributed by atoms with van der Waals surface area (Å²) in [6.45, 7) is 3.10. The molecule has 13 heavy (non-hydrogen) atoms. The minimum absolute atomic E-state index is 0.322. The lowest BCUT2D eigenvalue weighted by Crippen LogP contribution is -2.47. The highest BCUT2D eigenvalue weighted by molar-refractivity contribution is 5.72. The average Bonchev–Trinajstić information content (AvgIpc) is 2.17. The number of nitrogens with two attached hydrogens (primary N) is 1. The van der Waals surface area contributed by atoms with Crippen molar-refractivity contribution < 1.29 is 4.79 Å². The van der Waals surface area contributed by atoms with Crippen molar-refractivity contribution >= 4 is 6.03 Å². The van der Waals surface area contributed by atoms with Crippen LogP contribution in [0.4, 0.5) is 4.79 Å². The maximum atomic E-state index is 10.9. The van der Waals surface area contributed by atoms with E-state index in [0.717, 1.165) is 26.2 Å². The predicted octanol–water partition coefficient (Wildman–Crippen LogP) is -0.825. The SMILES string of the molecule is NC(=O)N1CCC2=C(CNCN2)C1. The van der Waals surface area contributed by atoms with Crippen molar-refractivity contribution in [1.29, 1.82) is 0 Å². The molecule has 0 fully saturated rings. The molecular formula is C8H14N4O. The quantitative estimate of drug-likeness (QED) is 0.458. The molecule has 2 amide bonds. The van der Waals surface area contributed by atoms with Gasteiger partial charge in [-0.15, -0.1) is 0 Å². The van der Waals surface area contributed by atoms with E-state index in [9.17, 15) is 4.79 Å². The first-order valence-electron chi connectivity index (χ1n) is 4.47. The third-order valence-electron chi connectivity index (χ3n) is 2.52. The highest BCUT2D eigenvalue weighted by Gasteiger charge is 2.22. The van der Waals surface area contributed by atoms with Crippen molar-refractivity contribution in [2.45, 2.75) is 6.42 Å². The van der Waals surface area contributed by atoms with Gasteiger partial charge in [0, 0.05) is 31.8 Å². The van der Waals surface area contributed by atoms with Gasteiger partial charge in [0.25, 0.3) is 0 Å². The Bertz CT molecular complexity index is 261. The Morgan fingerprint density at radius 2 is 2.38 bits per heavy atom. The molecule has 72 valence electrons. The number of hydrogen-bond donors (Lipinski definition) is 3. The summed E-state index contributed by atoms with van der Waals surface area (Å²) >= 11 is 0. The molecule has 0 aliphatic carbocycles. The van der Waals surface area contributed by atoms with Gasteiger partial charge >= 0.3 is 6.03 Å². The summed E-state index contributed by atoms with van der Waals surface area (Å²) in [6.07, 6.45) is 0.903. The van der Waals surface area contributed by atoms with E-state index in [1.54, 1.807) is 4.90 Å². The highest BCUT2D eigenvalue weighted by Crippen LogP contribution is 2.16. The van der Waals surface area contributed by atoms with Crippen LogP contribution in [0.3, 0.4) is 0 Å². The first-order valence-corrected chi connectivity index (χ1v) is 4.47. The van der Waals surface area contributed by atoms with Crippen LogP contribution in [-0.2, 0) is 0 Å². The molecule has 0 bridgehead atoms. The minimum atomic E-state index is -0.322. The number of carbonyl (C=O) groups excluding carboxylic acids is 1.